The van der Waals surface area contributed by atoms with E-state index < -0.39 is 0 Å². The van der Waals surface area contributed by atoms with E-state index in [0.717, 1.165) is 4.90 Å². The molecule has 1 heterocycles. The molecule has 2 aromatic rings. The number of thioether (sulfide) groups is 1. The molecule has 0 amide bonds. The predicted octanol–water partition coefficient (Wildman–Crippen LogP) is 5.22. The summed E-state index contributed by atoms with van der Waals surface area (Å²) in [5.41, 5.74) is 1.84. The first-order valence-electron chi connectivity index (χ1n) is 5.28. The van der Waals surface area contributed by atoms with Crippen molar-refractivity contribution in [1.29, 1.82) is 10.5 Å². The average molecular weight is 387 g/mol. The molecule has 2 rings (SSSR count). The van der Waals surface area contributed by atoms with Gasteiger partial charge in [0.05, 0.1) is 14.5 Å². The first-order valence-corrected chi connectivity index (χ1v) is 8.05. The average Bonchev–Trinajstić information content (AvgIpc) is 2.74. The zero-order valence-corrected chi connectivity index (χ0v) is 14.0. The number of nitrogens with one attached hydrogen (secondary N) is 1. The van der Waals surface area contributed by atoms with E-state index in [1.54, 1.807) is 12.1 Å². The second-order valence-electron chi connectivity index (χ2n) is 3.76. The van der Waals surface area contributed by atoms with E-state index in [1.165, 1.54) is 11.8 Å². The Bertz CT molecular complexity index is 748. The van der Waals surface area contributed by atoms with Crippen LogP contribution >= 0.6 is 50.9 Å². The van der Waals surface area contributed by atoms with Crippen LogP contribution < -0.4 is 0 Å². The highest BCUT2D eigenvalue weighted by Crippen LogP contribution is 2.40. The third kappa shape index (κ3) is 2.55. The van der Waals surface area contributed by atoms with Crippen molar-refractivity contribution in [1.82, 2.24) is 4.98 Å². The van der Waals surface area contributed by atoms with E-state index in [1.807, 2.05) is 18.4 Å². The van der Waals surface area contributed by atoms with Crippen molar-refractivity contribution in [2.45, 2.75) is 4.90 Å². The van der Waals surface area contributed by atoms with E-state index >= 15 is 0 Å². The molecule has 0 saturated heterocycles. The molecule has 20 heavy (non-hydrogen) atoms. The van der Waals surface area contributed by atoms with Crippen LogP contribution in [0.1, 0.15) is 11.4 Å². The summed E-state index contributed by atoms with van der Waals surface area (Å²) in [5, 5.41) is 19.2. The number of nitrogens with zero attached hydrogens (tertiary/aromatic N) is 2. The minimum absolute atomic E-state index is 0.289. The Balaban J connectivity index is 2.73. The lowest BCUT2D eigenvalue weighted by molar-refractivity contribution is 1.28. The van der Waals surface area contributed by atoms with Crippen molar-refractivity contribution >= 4 is 50.9 Å². The van der Waals surface area contributed by atoms with Gasteiger partial charge < -0.3 is 4.98 Å². The van der Waals surface area contributed by atoms with Crippen molar-refractivity contribution in [2.75, 3.05) is 6.26 Å². The Morgan fingerprint density at radius 2 is 1.70 bits per heavy atom. The SMILES string of the molecule is CSc1c(Cl)cc(-c2c(C#N)[nH]c(C#N)c2Br)cc1Cl. The fourth-order valence-corrected chi connectivity index (χ4v) is 3.88. The minimum Gasteiger partial charge on any atom is -0.337 e. The summed E-state index contributed by atoms with van der Waals surface area (Å²) in [6, 6.07) is 7.48. The van der Waals surface area contributed by atoms with Crippen LogP contribution in [0.4, 0.5) is 0 Å². The van der Waals surface area contributed by atoms with E-state index in [0.29, 0.717) is 25.6 Å². The van der Waals surface area contributed by atoms with Crippen LogP contribution in [0, 0.1) is 22.7 Å². The smallest absolute Gasteiger partial charge is 0.133 e. The molecule has 0 aliphatic carbocycles. The summed E-state index contributed by atoms with van der Waals surface area (Å²) < 4.78 is 0.528. The van der Waals surface area contributed by atoms with E-state index in [2.05, 4.69) is 20.9 Å². The van der Waals surface area contributed by atoms with E-state index in [9.17, 15) is 5.26 Å². The van der Waals surface area contributed by atoms with Gasteiger partial charge in [0, 0.05) is 10.5 Å². The Labute approximate surface area is 138 Å². The van der Waals surface area contributed by atoms with Crippen LogP contribution in [0.15, 0.2) is 21.5 Å². The number of hydrogen-bond acceptors (Lipinski definition) is 3. The summed E-state index contributed by atoms with van der Waals surface area (Å²) in [6.45, 7) is 0. The molecule has 0 bridgehead atoms. The number of H-pyrrole nitrogens is 1. The van der Waals surface area contributed by atoms with Crippen LogP contribution in [-0.4, -0.2) is 11.2 Å². The van der Waals surface area contributed by atoms with Crippen molar-refractivity contribution in [3.63, 3.8) is 0 Å². The van der Waals surface area contributed by atoms with Crippen LogP contribution in [-0.2, 0) is 0 Å². The molecule has 1 aromatic carbocycles. The Kier molecular flexibility index (Phi) is 4.67. The second kappa shape index (κ2) is 6.11. The molecular formula is C13H6BrCl2N3S. The molecule has 0 radical (unpaired) electrons. The molecule has 0 unspecified atom stereocenters. The largest absolute Gasteiger partial charge is 0.337 e. The Morgan fingerprint density at radius 1 is 1.15 bits per heavy atom. The zero-order valence-electron chi connectivity index (χ0n) is 10.1. The fourth-order valence-electron chi connectivity index (χ4n) is 1.81. The van der Waals surface area contributed by atoms with E-state index in [-0.39, 0.29) is 11.4 Å². The van der Waals surface area contributed by atoms with Gasteiger partial charge in [-0.15, -0.1) is 11.8 Å². The van der Waals surface area contributed by atoms with Gasteiger partial charge in [-0.3, -0.25) is 0 Å². The van der Waals surface area contributed by atoms with Crippen LogP contribution in [0.2, 0.25) is 10.0 Å². The van der Waals surface area contributed by atoms with Crippen LogP contribution in [0.5, 0.6) is 0 Å². The predicted molar refractivity (Wildman–Crippen MR) is 85.2 cm³/mol. The van der Waals surface area contributed by atoms with Gasteiger partial charge in [-0.25, -0.2) is 0 Å². The lowest BCUT2D eigenvalue weighted by Gasteiger charge is -2.08. The molecular weight excluding hydrogens is 381 g/mol. The maximum Gasteiger partial charge on any atom is 0.133 e. The zero-order chi connectivity index (χ0) is 14.9. The molecule has 1 N–H and O–H groups in total. The van der Waals surface area contributed by atoms with Gasteiger partial charge in [0.2, 0.25) is 0 Å². The van der Waals surface area contributed by atoms with Crippen molar-refractivity contribution in [2.24, 2.45) is 0 Å². The maximum absolute atomic E-state index is 9.17. The molecule has 100 valence electrons. The highest BCUT2D eigenvalue weighted by atomic mass is 79.9. The van der Waals surface area contributed by atoms with Crippen LogP contribution in [0.3, 0.4) is 0 Å². The third-order valence-electron chi connectivity index (χ3n) is 2.65. The summed E-state index contributed by atoms with van der Waals surface area (Å²) in [5.74, 6) is 0. The molecule has 3 nitrogen and oxygen atoms in total. The van der Waals surface area contributed by atoms with Crippen LogP contribution in [0.25, 0.3) is 11.1 Å². The highest BCUT2D eigenvalue weighted by molar-refractivity contribution is 9.10. The van der Waals surface area contributed by atoms with Crippen molar-refractivity contribution in [3.05, 3.63) is 38.0 Å². The fraction of sp³-hybridized carbons (Fsp3) is 0.0769. The molecule has 0 spiro atoms. The molecule has 0 aliphatic heterocycles. The highest BCUT2D eigenvalue weighted by Gasteiger charge is 2.19. The first-order chi connectivity index (χ1) is 9.53. The van der Waals surface area contributed by atoms with Crippen molar-refractivity contribution < 1.29 is 0 Å². The monoisotopic (exact) mass is 385 g/mol. The first kappa shape index (κ1) is 15.3. The summed E-state index contributed by atoms with van der Waals surface area (Å²) in [4.78, 5) is 3.54. The van der Waals surface area contributed by atoms with Crippen molar-refractivity contribution in [3.8, 4) is 23.3 Å². The molecule has 0 aliphatic rings. The van der Waals surface area contributed by atoms with Gasteiger partial charge in [0.15, 0.2) is 0 Å². The number of hydrogen-bond donors (Lipinski definition) is 1. The topological polar surface area (TPSA) is 63.4 Å². The van der Waals surface area contributed by atoms with Gasteiger partial charge >= 0.3 is 0 Å². The quantitative estimate of drug-likeness (QED) is 0.720. The molecule has 0 atom stereocenters. The standard InChI is InChI=1S/C13H6BrCl2N3S/c1-20-13-7(15)2-6(3-8(13)16)11-9(4-17)19-10(5-18)12(11)14/h2-3,19H,1H3. The summed E-state index contributed by atoms with van der Waals surface area (Å²) in [6.07, 6.45) is 1.88. The molecule has 7 heteroatoms. The number of nitriles is 2. The number of aromatic amines is 1. The molecule has 1 aromatic heterocycles. The molecule has 0 saturated carbocycles. The van der Waals surface area contributed by atoms with Gasteiger partial charge in [0.1, 0.15) is 23.5 Å². The minimum atomic E-state index is 0.289. The number of benzene rings is 1. The lowest BCUT2D eigenvalue weighted by atomic mass is 10.1. The Morgan fingerprint density at radius 3 is 2.15 bits per heavy atom. The molecule has 0 fully saturated rings. The summed E-state index contributed by atoms with van der Waals surface area (Å²) in [7, 11) is 0. The van der Waals surface area contributed by atoms with Gasteiger partial charge in [0.25, 0.3) is 0 Å². The number of rotatable bonds is 2. The third-order valence-corrected chi connectivity index (χ3v) is 5.12. The van der Waals surface area contributed by atoms with Gasteiger partial charge in [-0.2, -0.15) is 10.5 Å². The lowest BCUT2D eigenvalue weighted by Crippen LogP contribution is -1.84. The van der Waals surface area contributed by atoms with Gasteiger partial charge in [-0.05, 0) is 39.9 Å². The normalized spacial score (nSPS) is 10.1. The van der Waals surface area contributed by atoms with Gasteiger partial charge in [-0.1, -0.05) is 23.2 Å². The number of halogens is 3. The van der Waals surface area contributed by atoms with E-state index in [4.69, 9.17) is 28.5 Å². The summed E-state index contributed by atoms with van der Waals surface area (Å²) >= 11 is 17.2. The second-order valence-corrected chi connectivity index (χ2v) is 6.18. The Hall–Kier alpha value is -1.11. The number of aromatic nitrogens is 1. The maximum atomic E-state index is 9.17.